The van der Waals surface area contributed by atoms with Gasteiger partial charge in [-0.05, 0) is 6.07 Å². The van der Waals surface area contributed by atoms with E-state index < -0.39 is 17.5 Å². The van der Waals surface area contributed by atoms with Crippen LogP contribution in [-0.2, 0) is 11.2 Å². The summed E-state index contributed by atoms with van der Waals surface area (Å²) >= 11 is 0. The van der Waals surface area contributed by atoms with Gasteiger partial charge in [-0.15, -0.1) is 0 Å². The number of rotatable bonds is 3. The molecule has 0 fully saturated rings. The van der Waals surface area contributed by atoms with Crippen molar-refractivity contribution >= 4 is 5.91 Å². The van der Waals surface area contributed by atoms with E-state index in [0.717, 1.165) is 17.1 Å². The summed E-state index contributed by atoms with van der Waals surface area (Å²) in [6.45, 7) is 0. The zero-order chi connectivity index (χ0) is 12.3. The molecule has 0 unspecified atom stereocenters. The van der Waals surface area contributed by atoms with Crippen LogP contribution in [0.5, 0.6) is 5.75 Å². The van der Waals surface area contributed by atoms with Gasteiger partial charge in [0.05, 0.1) is 13.5 Å². The van der Waals surface area contributed by atoms with Crippen molar-refractivity contribution in [2.24, 2.45) is 5.84 Å². The lowest BCUT2D eigenvalue weighted by molar-refractivity contribution is -0.129. The Morgan fingerprint density at radius 2 is 2.06 bits per heavy atom. The summed E-state index contributed by atoms with van der Waals surface area (Å²) in [6, 6.07) is 1.82. The molecule has 0 aromatic heterocycles. The van der Waals surface area contributed by atoms with Gasteiger partial charge in [0.1, 0.15) is 5.82 Å². The number of halogens is 2. The van der Waals surface area contributed by atoms with E-state index in [1.165, 1.54) is 14.2 Å². The molecule has 0 bridgehead atoms. The van der Waals surface area contributed by atoms with E-state index in [-0.39, 0.29) is 17.7 Å². The van der Waals surface area contributed by atoms with Gasteiger partial charge in [0.25, 0.3) is 0 Å². The summed E-state index contributed by atoms with van der Waals surface area (Å²) in [5.41, 5.74) is -0.0550. The van der Waals surface area contributed by atoms with Crippen LogP contribution in [0.4, 0.5) is 8.78 Å². The van der Waals surface area contributed by atoms with Crippen molar-refractivity contribution in [2.75, 3.05) is 14.2 Å². The summed E-state index contributed by atoms with van der Waals surface area (Å²) in [6.07, 6.45) is -0.292. The molecule has 6 heteroatoms. The van der Waals surface area contributed by atoms with Crippen molar-refractivity contribution in [1.29, 1.82) is 0 Å². The van der Waals surface area contributed by atoms with Crippen LogP contribution in [-0.4, -0.2) is 25.1 Å². The molecule has 0 aliphatic rings. The molecule has 0 aliphatic heterocycles. The fourth-order valence-corrected chi connectivity index (χ4v) is 1.15. The van der Waals surface area contributed by atoms with Gasteiger partial charge in [0.15, 0.2) is 11.6 Å². The molecule has 0 spiro atoms. The number of ether oxygens (including phenoxy) is 1. The van der Waals surface area contributed by atoms with E-state index in [2.05, 4.69) is 4.74 Å². The Labute approximate surface area is 91.6 Å². The van der Waals surface area contributed by atoms with Gasteiger partial charge in [0.2, 0.25) is 5.91 Å². The Balaban J connectivity index is 2.98. The number of carbonyl (C=O) groups is 1. The summed E-state index contributed by atoms with van der Waals surface area (Å²) in [5.74, 6) is 3.04. The highest BCUT2D eigenvalue weighted by Crippen LogP contribution is 2.21. The maximum Gasteiger partial charge on any atom is 0.240 e. The number of carbonyl (C=O) groups excluding carboxylic acids is 1. The van der Waals surface area contributed by atoms with Crippen molar-refractivity contribution in [3.8, 4) is 5.75 Å². The average molecular weight is 230 g/mol. The van der Waals surface area contributed by atoms with Crippen LogP contribution in [0.2, 0.25) is 0 Å². The second-order valence-electron chi connectivity index (χ2n) is 3.26. The van der Waals surface area contributed by atoms with Crippen LogP contribution in [0.25, 0.3) is 0 Å². The molecule has 0 radical (unpaired) electrons. The van der Waals surface area contributed by atoms with Gasteiger partial charge >= 0.3 is 0 Å². The third-order valence-corrected chi connectivity index (χ3v) is 2.06. The fraction of sp³-hybridized carbons (Fsp3) is 0.300. The monoisotopic (exact) mass is 230 g/mol. The second-order valence-corrected chi connectivity index (χ2v) is 3.26. The maximum absolute atomic E-state index is 13.4. The summed E-state index contributed by atoms with van der Waals surface area (Å²) in [7, 11) is 2.57. The minimum absolute atomic E-state index is 0.0550. The third-order valence-electron chi connectivity index (χ3n) is 2.06. The number of hydrazine groups is 1. The number of nitrogens with zero attached hydrogens (tertiary/aromatic N) is 1. The van der Waals surface area contributed by atoms with Crippen molar-refractivity contribution in [1.82, 2.24) is 5.01 Å². The molecule has 2 N–H and O–H groups in total. The first-order chi connectivity index (χ1) is 7.45. The normalized spacial score (nSPS) is 10.1. The lowest BCUT2D eigenvalue weighted by atomic mass is 10.1. The lowest BCUT2D eigenvalue weighted by Gasteiger charge is -2.11. The van der Waals surface area contributed by atoms with Gasteiger partial charge in [0, 0.05) is 18.7 Å². The molecule has 0 atom stereocenters. The Kier molecular flexibility index (Phi) is 3.78. The van der Waals surface area contributed by atoms with Crippen LogP contribution in [0.1, 0.15) is 5.56 Å². The van der Waals surface area contributed by atoms with E-state index in [1.54, 1.807) is 0 Å². The summed E-state index contributed by atoms with van der Waals surface area (Å²) < 4.78 is 31.2. The molecule has 0 heterocycles. The molecular formula is C10H12F2N2O2. The first-order valence-corrected chi connectivity index (χ1v) is 4.49. The summed E-state index contributed by atoms with van der Waals surface area (Å²) in [5, 5.41) is 0.821. The van der Waals surface area contributed by atoms with Crippen LogP contribution in [0.15, 0.2) is 12.1 Å². The van der Waals surface area contributed by atoms with Crippen LogP contribution >= 0.6 is 0 Å². The van der Waals surface area contributed by atoms with Crippen molar-refractivity contribution < 1.29 is 18.3 Å². The highest BCUT2D eigenvalue weighted by molar-refractivity contribution is 5.78. The number of hydrogen-bond acceptors (Lipinski definition) is 3. The number of amides is 1. The predicted octanol–water partition coefficient (Wildman–Crippen LogP) is 0.848. The number of hydrogen-bond donors (Lipinski definition) is 1. The Hall–Kier alpha value is -1.69. The molecule has 0 saturated heterocycles. The van der Waals surface area contributed by atoms with Crippen molar-refractivity contribution in [2.45, 2.75) is 6.42 Å². The second kappa shape index (κ2) is 4.89. The van der Waals surface area contributed by atoms with Gasteiger partial charge in [-0.25, -0.2) is 14.6 Å². The first kappa shape index (κ1) is 12.4. The number of benzene rings is 1. The highest BCUT2D eigenvalue weighted by atomic mass is 19.1. The third kappa shape index (κ3) is 2.66. The largest absolute Gasteiger partial charge is 0.494 e. The lowest BCUT2D eigenvalue weighted by Crippen LogP contribution is -2.34. The first-order valence-electron chi connectivity index (χ1n) is 4.49. The SMILES string of the molecule is COc1cc(F)c(CC(=O)N(C)N)cc1F. The molecule has 1 aromatic rings. The van der Waals surface area contributed by atoms with Gasteiger partial charge < -0.3 is 4.74 Å². The smallest absolute Gasteiger partial charge is 0.240 e. The molecule has 4 nitrogen and oxygen atoms in total. The van der Waals surface area contributed by atoms with E-state index in [4.69, 9.17) is 5.84 Å². The quantitative estimate of drug-likeness (QED) is 0.475. The van der Waals surface area contributed by atoms with Crippen LogP contribution < -0.4 is 10.6 Å². The molecular weight excluding hydrogens is 218 g/mol. The van der Waals surface area contributed by atoms with Crippen molar-refractivity contribution in [3.05, 3.63) is 29.3 Å². The Morgan fingerprint density at radius 3 is 2.56 bits per heavy atom. The minimum atomic E-state index is -0.716. The molecule has 1 amide bonds. The van der Waals surface area contributed by atoms with Crippen LogP contribution in [0.3, 0.4) is 0 Å². The van der Waals surface area contributed by atoms with Crippen LogP contribution in [0, 0.1) is 11.6 Å². The van der Waals surface area contributed by atoms with Gasteiger partial charge in [-0.2, -0.15) is 0 Å². The maximum atomic E-state index is 13.4. The predicted molar refractivity (Wildman–Crippen MR) is 53.6 cm³/mol. The molecule has 1 aromatic carbocycles. The average Bonchev–Trinajstić information content (AvgIpc) is 2.22. The Bertz CT molecular complexity index is 408. The van der Waals surface area contributed by atoms with Crippen molar-refractivity contribution in [3.63, 3.8) is 0 Å². The van der Waals surface area contributed by atoms with E-state index in [1.807, 2.05) is 0 Å². The van der Waals surface area contributed by atoms with E-state index in [9.17, 15) is 13.6 Å². The van der Waals surface area contributed by atoms with Gasteiger partial charge in [-0.3, -0.25) is 9.80 Å². The number of likely N-dealkylation sites (N-methyl/N-ethyl adjacent to an activating group) is 1. The Morgan fingerprint density at radius 1 is 1.44 bits per heavy atom. The molecule has 88 valence electrons. The minimum Gasteiger partial charge on any atom is -0.494 e. The highest BCUT2D eigenvalue weighted by Gasteiger charge is 2.14. The zero-order valence-electron chi connectivity index (χ0n) is 8.96. The standard InChI is InChI=1S/C10H12F2N2O2/c1-14(13)10(15)4-6-3-8(12)9(16-2)5-7(6)11/h3,5H,4,13H2,1-2H3. The molecule has 16 heavy (non-hydrogen) atoms. The molecule has 0 aliphatic carbocycles. The fourth-order valence-electron chi connectivity index (χ4n) is 1.15. The summed E-state index contributed by atoms with van der Waals surface area (Å²) in [4.78, 5) is 11.2. The number of nitrogens with two attached hydrogens (primary N) is 1. The molecule has 1 rings (SSSR count). The molecule has 0 saturated carbocycles. The number of methoxy groups -OCH3 is 1. The van der Waals surface area contributed by atoms with Gasteiger partial charge in [-0.1, -0.05) is 0 Å². The van der Waals surface area contributed by atoms with E-state index >= 15 is 0 Å². The zero-order valence-corrected chi connectivity index (χ0v) is 8.96. The van der Waals surface area contributed by atoms with E-state index in [0.29, 0.717) is 0 Å². The topological polar surface area (TPSA) is 55.6 Å².